The van der Waals surface area contributed by atoms with Crippen molar-refractivity contribution in [1.82, 2.24) is 5.32 Å². The van der Waals surface area contributed by atoms with E-state index in [1.54, 1.807) is 7.11 Å². The summed E-state index contributed by atoms with van der Waals surface area (Å²) < 4.78 is 6.05. The number of ether oxygens (including phenoxy) is 1. The van der Waals surface area contributed by atoms with Gasteiger partial charge in [0.05, 0.1) is 18.2 Å². The van der Waals surface area contributed by atoms with E-state index < -0.39 is 0 Å². The Morgan fingerprint density at radius 2 is 2.28 bits per heavy atom. The quantitative estimate of drug-likeness (QED) is 0.608. The van der Waals surface area contributed by atoms with E-state index in [1.807, 2.05) is 25.1 Å². The van der Waals surface area contributed by atoms with Gasteiger partial charge in [-0.15, -0.1) is 11.6 Å². The Hall–Kier alpha value is -0.330. The van der Waals surface area contributed by atoms with E-state index in [-0.39, 0.29) is 11.9 Å². The molecule has 5 heteroatoms. The molecule has 0 radical (unpaired) electrons. The van der Waals surface area contributed by atoms with Crippen molar-refractivity contribution in [3.05, 3.63) is 32.9 Å². The number of nitrogens with one attached hydrogen (secondary N) is 1. The highest BCUT2D eigenvalue weighted by molar-refractivity contribution is 14.1. The smallest absolute Gasteiger partial charge is 0.252 e. The van der Waals surface area contributed by atoms with Crippen LogP contribution in [0.2, 0.25) is 0 Å². The molecule has 0 saturated carbocycles. The maximum absolute atomic E-state index is 12.2. The van der Waals surface area contributed by atoms with Crippen molar-refractivity contribution in [1.29, 1.82) is 0 Å². The van der Waals surface area contributed by atoms with Gasteiger partial charge in [0.25, 0.3) is 5.91 Å². The van der Waals surface area contributed by atoms with E-state index >= 15 is 0 Å². The number of hydrogen-bond donors (Lipinski definition) is 1. The minimum Gasteiger partial charge on any atom is -0.383 e. The molecule has 1 amide bonds. The number of carbonyl (C=O) groups excluding carboxylic acids is 1. The first kappa shape index (κ1) is 15.7. The Bertz CT molecular complexity index is 406. The van der Waals surface area contributed by atoms with Crippen molar-refractivity contribution in [3.63, 3.8) is 0 Å². The zero-order valence-electron chi connectivity index (χ0n) is 10.5. The topological polar surface area (TPSA) is 38.3 Å². The van der Waals surface area contributed by atoms with Gasteiger partial charge in [-0.25, -0.2) is 0 Å². The molecule has 1 rings (SSSR count). The van der Waals surface area contributed by atoms with Crippen LogP contribution in [0.5, 0.6) is 0 Å². The van der Waals surface area contributed by atoms with Crippen molar-refractivity contribution in [3.8, 4) is 0 Å². The molecule has 1 aromatic rings. The molecule has 0 aliphatic carbocycles. The predicted octanol–water partition coefficient (Wildman–Crippen LogP) is 2.97. The van der Waals surface area contributed by atoms with Gasteiger partial charge in [0.2, 0.25) is 0 Å². The normalized spacial score (nSPS) is 12.2. The van der Waals surface area contributed by atoms with Crippen molar-refractivity contribution in [2.24, 2.45) is 0 Å². The molecule has 0 heterocycles. The molecule has 0 bridgehead atoms. The van der Waals surface area contributed by atoms with Gasteiger partial charge in [0.1, 0.15) is 0 Å². The Kier molecular flexibility index (Phi) is 6.96. The molecule has 3 nitrogen and oxygen atoms in total. The van der Waals surface area contributed by atoms with Crippen molar-refractivity contribution in [2.75, 3.05) is 19.6 Å². The van der Waals surface area contributed by atoms with Crippen molar-refractivity contribution in [2.45, 2.75) is 19.4 Å². The summed E-state index contributed by atoms with van der Waals surface area (Å²) in [6, 6.07) is 5.66. The largest absolute Gasteiger partial charge is 0.383 e. The number of alkyl halides is 1. The molecule has 18 heavy (non-hydrogen) atoms. The third kappa shape index (κ3) is 4.40. The predicted molar refractivity (Wildman–Crippen MR) is 82.4 cm³/mol. The van der Waals surface area contributed by atoms with Gasteiger partial charge in [-0.05, 0) is 47.6 Å². The van der Waals surface area contributed by atoms with E-state index in [2.05, 4.69) is 27.9 Å². The summed E-state index contributed by atoms with van der Waals surface area (Å²) in [5.74, 6) is 0.425. The van der Waals surface area contributed by atoms with E-state index in [4.69, 9.17) is 16.3 Å². The van der Waals surface area contributed by atoms with E-state index in [0.717, 1.165) is 9.13 Å². The number of hydrogen-bond acceptors (Lipinski definition) is 2. The van der Waals surface area contributed by atoms with Gasteiger partial charge < -0.3 is 10.1 Å². The average molecular weight is 382 g/mol. The molecule has 0 aliphatic heterocycles. The highest BCUT2D eigenvalue weighted by atomic mass is 127. The summed E-state index contributed by atoms with van der Waals surface area (Å²) in [6.07, 6.45) is 0.698. The zero-order valence-corrected chi connectivity index (χ0v) is 13.4. The lowest BCUT2D eigenvalue weighted by Crippen LogP contribution is -2.38. The minimum absolute atomic E-state index is 0.0451. The maximum Gasteiger partial charge on any atom is 0.252 e. The lowest BCUT2D eigenvalue weighted by atomic mass is 10.1. The van der Waals surface area contributed by atoms with Crippen LogP contribution in [0, 0.1) is 10.5 Å². The van der Waals surface area contributed by atoms with Gasteiger partial charge >= 0.3 is 0 Å². The number of amides is 1. The molecule has 1 atom stereocenters. The molecule has 0 spiro atoms. The fourth-order valence-corrected chi connectivity index (χ4v) is 2.48. The van der Waals surface area contributed by atoms with Crippen LogP contribution in [0.3, 0.4) is 0 Å². The molecule has 0 aliphatic rings. The highest BCUT2D eigenvalue weighted by Gasteiger charge is 2.15. The number of rotatable bonds is 6. The van der Waals surface area contributed by atoms with Gasteiger partial charge in [0.15, 0.2) is 0 Å². The zero-order chi connectivity index (χ0) is 13.5. The van der Waals surface area contributed by atoms with Crippen molar-refractivity contribution >= 4 is 40.1 Å². The summed E-state index contributed by atoms with van der Waals surface area (Å²) in [5, 5.41) is 2.95. The summed E-state index contributed by atoms with van der Waals surface area (Å²) in [4.78, 5) is 12.2. The second-order valence-electron chi connectivity index (χ2n) is 4.04. The molecular formula is C13H17ClINO2. The number of benzene rings is 1. The second-order valence-corrected chi connectivity index (χ2v) is 5.50. The number of halogens is 2. The second kappa shape index (κ2) is 7.96. The van der Waals surface area contributed by atoms with Gasteiger partial charge in [-0.1, -0.05) is 12.1 Å². The molecular weight excluding hydrogens is 365 g/mol. The molecule has 100 valence electrons. The van der Waals surface area contributed by atoms with Crippen LogP contribution in [0.4, 0.5) is 0 Å². The van der Waals surface area contributed by atoms with Crippen LogP contribution >= 0.6 is 34.2 Å². The van der Waals surface area contributed by atoms with Gasteiger partial charge in [0, 0.05) is 16.6 Å². The Morgan fingerprint density at radius 1 is 1.56 bits per heavy atom. The monoisotopic (exact) mass is 381 g/mol. The fourth-order valence-electron chi connectivity index (χ4n) is 1.62. The summed E-state index contributed by atoms with van der Waals surface area (Å²) >= 11 is 7.90. The third-order valence-electron chi connectivity index (χ3n) is 2.60. The Morgan fingerprint density at radius 3 is 2.89 bits per heavy atom. The van der Waals surface area contributed by atoms with Crippen LogP contribution in [-0.2, 0) is 4.74 Å². The number of carbonyl (C=O) groups is 1. The van der Waals surface area contributed by atoms with Crippen LogP contribution < -0.4 is 5.32 Å². The molecule has 1 N–H and O–H groups in total. The highest BCUT2D eigenvalue weighted by Crippen LogP contribution is 2.16. The lowest BCUT2D eigenvalue weighted by molar-refractivity contribution is 0.0894. The minimum atomic E-state index is -0.0738. The van der Waals surface area contributed by atoms with Crippen LogP contribution in [0.25, 0.3) is 0 Å². The SMILES string of the molecule is COCC(CCCl)NC(=O)c1cccc(C)c1I. The third-order valence-corrected chi connectivity index (χ3v) is 4.25. The van der Waals surface area contributed by atoms with Crippen molar-refractivity contribution < 1.29 is 9.53 Å². The Labute approximate surface area is 126 Å². The van der Waals surface area contributed by atoms with E-state index in [1.165, 1.54) is 0 Å². The summed E-state index contributed by atoms with van der Waals surface area (Å²) in [6.45, 7) is 2.46. The standard InChI is InChI=1S/C13H17ClINO2/c1-9-4-3-5-11(12(9)15)13(17)16-10(6-7-14)8-18-2/h3-5,10H,6-8H2,1-2H3,(H,16,17). The van der Waals surface area contributed by atoms with Crippen LogP contribution in [0.1, 0.15) is 22.3 Å². The molecule has 0 aromatic heterocycles. The average Bonchev–Trinajstić information content (AvgIpc) is 2.33. The van der Waals surface area contributed by atoms with E-state index in [0.29, 0.717) is 24.5 Å². The van der Waals surface area contributed by atoms with Crippen LogP contribution in [-0.4, -0.2) is 31.5 Å². The summed E-state index contributed by atoms with van der Waals surface area (Å²) in [5.41, 5.74) is 1.80. The molecule has 0 saturated heterocycles. The number of methoxy groups -OCH3 is 1. The maximum atomic E-state index is 12.2. The van der Waals surface area contributed by atoms with Gasteiger partial charge in [-0.3, -0.25) is 4.79 Å². The Balaban J connectivity index is 2.77. The fraction of sp³-hybridized carbons (Fsp3) is 0.462. The first-order valence-electron chi connectivity index (χ1n) is 5.71. The first-order chi connectivity index (χ1) is 8.60. The first-order valence-corrected chi connectivity index (χ1v) is 7.32. The van der Waals surface area contributed by atoms with E-state index in [9.17, 15) is 4.79 Å². The molecule has 1 unspecified atom stereocenters. The molecule has 1 aromatic carbocycles. The molecule has 0 fully saturated rings. The van der Waals surface area contributed by atoms with Crippen LogP contribution in [0.15, 0.2) is 18.2 Å². The summed E-state index contributed by atoms with van der Waals surface area (Å²) in [7, 11) is 1.61. The number of aryl methyl sites for hydroxylation is 1. The lowest BCUT2D eigenvalue weighted by Gasteiger charge is -2.17. The van der Waals surface area contributed by atoms with Gasteiger partial charge in [-0.2, -0.15) is 0 Å².